The number of hydrogen-bond donors (Lipinski definition) is 1. The summed E-state index contributed by atoms with van der Waals surface area (Å²) in [6.07, 6.45) is 2.80. The number of benzene rings is 1. The van der Waals surface area contributed by atoms with E-state index in [-0.39, 0.29) is 0 Å². The van der Waals surface area contributed by atoms with Gasteiger partial charge in [-0.1, -0.05) is 23.7 Å². The third-order valence-electron chi connectivity index (χ3n) is 3.00. The van der Waals surface area contributed by atoms with E-state index in [9.17, 15) is 0 Å². The molecular weight excluding hydrogens is 246 g/mol. The number of aromatic nitrogens is 2. The average molecular weight is 264 g/mol. The van der Waals surface area contributed by atoms with Gasteiger partial charge in [0, 0.05) is 43.5 Å². The zero-order chi connectivity index (χ0) is 13.0. The second-order valence-corrected chi connectivity index (χ2v) is 4.87. The minimum absolute atomic E-state index is 0.803. The molecule has 0 aliphatic carbocycles. The lowest BCUT2D eigenvalue weighted by atomic mass is 10.1. The number of hydrogen-bond acceptors (Lipinski definition) is 2. The summed E-state index contributed by atoms with van der Waals surface area (Å²) in [5.74, 6) is 0. The maximum absolute atomic E-state index is 6.18. The molecule has 0 fully saturated rings. The van der Waals surface area contributed by atoms with E-state index in [1.165, 1.54) is 11.3 Å². The molecule has 0 saturated heterocycles. The minimum Gasteiger partial charge on any atom is -0.312 e. The molecule has 0 amide bonds. The fourth-order valence-corrected chi connectivity index (χ4v) is 2.18. The Kier molecular flexibility index (Phi) is 4.39. The van der Waals surface area contributed by atoms with Crippen LogP contribution in [0.3, 0.4) is 0 Å². The quantitative estimate of drug-likeness (QED) is 0.841. The highest BCUT2D eigenvalue weighted by Gasteiger charge is 2.01. The molecule has 1 heterocycles. The van der Waals surface area contributed by atoms with Crippen LogP contribution in [0, 0.1) is 6.92 Å². The van der Waals surface area contributed by atoms with Crippen molar-refractivity contribution in [1.82, 2.24) is 15.1 Å². The summed E-state index contributed by atoms with van der Waals surface area (Å²) in [6.45, 7) is 3.77. The van der Waals surface area contributed by atoms with Crippen molar-refractivity contribution < 1.29 is 0 Å². The van der Waals surface area contributed by atoms with Gasteiger partial charge >= 0.3 is 0 Å². The summed E-state index contributed by atoms with van der Waals surface area (Å²) in [5.41, 5.74) is 3.57. The van der Waals surface area contributed by atoms with Crippen LogP contribution in [0.4, 0.5) is 0 Å². The van der Waals surface area contributed by atoms with Gasteiger partial charge in [0.25, 0.3) is 0 Å². The number of nitrogens with one attached hydrogen (secondary N) is 1. The predicted molar refractivity (Wildman–Crippen MR) is 74.8 cm³/mol. The van der Waals surface area contributed by atoms with E-state index < -0.39 is 0 Å². The number of aryl methyl sites for hydroxylation is 2. The van der Waals surface area contributed by atoms with Crippen molar-refractivity contribution in [3.05, 3.63) is 52.3 Å². The molecular formula is C14H18ClN3. The summed E-state index contributed by atoms with van der Waals surface area (Å²) in [7, 11) is 1.96. The van der Waals surface area contributed by atoms with Crippen molar-refractivity contribution >= 4 is 11.6 Å². The van der Waals surface area contributed by atoms with Crippen LogP contribution in [0.1, 0.15) is 16.8 Å². The molecule has 1 aromatic carbocycles. The monoisotopic (exact) mass is 263 g/mol. The number of nitrogens with zero attached hydrogens (tertiary/aromatic N) is 2. The minimum atomic E-state index is 0.803. The van der Waals surface area contributed by atoms with Gasteiger partial charge in [0.2, 0.25) is 0 Å². The molecule has 0 aliphatic heterocycles. The summed E-state index contributed by atoms with van der Waals surface area (Å²) < 4.78 is 1.90. The molecule has 4 heteroatoms. The summed E-state index contributed by atoms with van der Waals surface area (Å²) in [6, 6.07) is 8.21. The van der Waals surface area contributed by atoms with E-state index in [0.717, 1.165) is 30.1 Å². The first-order chi connectivity index (χ1) is 8.66. The standard InChI is InChI=1S/C14H18ClN3/c1-11-3-4-12(14(15)9-11)10-16-7-5-13-6-8-17-18(13)2/h3-4,6,8-9,16H,5,7,10H2,1-2H3. The Balaban J connectivity index is 1.80. The number of rotatable bonds is 5. The van der Waals surface area contributed by atoms with Crippen LogP contribution in [0.15, 0.2) is 30.5 Å². The maximum Gasteiger partial charge on any atom is 0.0492 e. The van der Waals surface area contributed by atoms with E-state index in [2.05, 4.69) is 22.5 Å². The Morgan fingerprint density at radius 1 is 1.33 bits per heavy atom. The molecule has 2 rings (SSSR count). The topological polar surface area (TPSA) is 29.9 Å². The summed E-state index contributed by atoms with van der Waals surface area (Å²) in [5, 5.41) is 8.38. The number of halogens is 1. The predicted octanol–water partition coefficient (Wildman–Crippen LogP) is 2.71. The molecule has 0 saturated carbocycles. The molecule has 0 spiro atoms. The van der Waals surface area contributed by atoms with Crippen molar-refractivity contribution in [2.45, 2.75) is 19.9 Å². The first-order valence-electron chi connectivity index (χ1n) is 6.09. The van der Waals surface area contributed by atoms with Crippen LogP contribution in [0.25, 0.3) is 0 Å². The van der Waals surface area contributed by atoms with E-state index in [1.807, 2.05) is 37.0 Å². The third-order valence-corrected chi connectivity index (χ3v) is 3.36. The van der Waals surface area contributed by atoms with Gasteiger partial charge in [-0.2, -0.15) is 5.10 Å². The highest BCUT2D eigenvalue weighted by molar-refractivity contribution is 6.31. The van der Waals surface area contributed by atoms with Gasteiger partial charge in [0.05, 0.1) is 0 Å². The fourth-order valence-electron chi connectivity index (χ4n) is 1.88. The highest BCUT2D eigenvalue weighted by Crippen LogP contribution is 2.17. The van der Waals surface area contributed by atoms with E-state index in [0.29, 0.717) is 0 Å². The average Bonchev–Trinajstić information content (AvgIpc) is 2.73. The Bertz CT molecular complexity index is 520. The van der Waals surface area contributed by atoms with Gasteiger partial charge in [0.1, 0.15) is 0 Å². The Morgan fingerprint density at radius 3 is 2.83 bits per heavy atom. The first-order valence-corrected chi connectivity index (χ1v) is 6.47. The molecule has 1 aromatic heterocycles. The molecule has 2 aromatic rings. The Labute approximate surface area is 113 Å². The van der Waals surface area contributed by atoms with Crippen LogP contribution in [-0.4, -0.2) is 16.3 Å². The van der Waals surface area contributed by atoms with Gasteiger partial charge in [-0.25, -0.2) is 0 Å². The third kappa shape index (κ3) is 3.34. The fraction of sp³-hybridized carbons (Fsp3) is 0.357. The van der Waals surface area contributed by atoms with Gasteiger partial charge in [-0.3, -0.25) is 4.68 Å². The van der Waals surface area contributed by atoms with Gasteiger partial charge in [-0.15, -0.1) is 0 Å². The zero-order valence-electron chi connectivity index (χ0n) is 10.8. The van der Waals surface area contributed by atoms with Crippen molar-refractivity contribution in [3.63, 3.8) is 0 Å². The molecule has 0 unspecified atom stereocenters. The first kappa shape index (κ1) is 13.1. The highest BCUT2D eigenvalue weighted by atomic mass is 35.5. The zero-order valence-corrected chi connectivity index (χ0v) is 11.5. The van der Waals surface area contributed by atoms with E-state index >= 15 is 0 Å². The van der Waals surface area contributed by atoms with Gasteiger partial charge in [0.15, 0.2) is 0 Å². The second kappa shape index (κ2) is 6.03. The Morgan fingerprint density at radius 2 is 2.17 bits per heavy atom. The van der Waals surface area contributed by atoms with Crippen LogP contribution in [-0.2, 0) is 20.0 Å². The Hall–Kier alpha value is -1.32. The molecule has 0 atom stereocenters. The molecule has 18 heavy (non-hydrogen) atoms. The van der Waals surface area contributed by atoms with E-state index in [1.54, 1.807) is 0 Å². The molecule has 0 aliphatic rings. The van der Waals surface area contributed by atoms with Crippen LogP contribution in [0.5, 0.6) is 0 Å². The maximum atomic E-state index is 6.18. The molecule has 96 valence electrons. The van der Waals surface area contributed by atoms with Crippen molar-refractivity contribution in [2.24, 2.45) is 7.05 Å². The van der Waals surface area contributed by atoms with E-state index in [4.69, 9.17) is 11.6 Å². The lowest BCUT2D eigenvalue weighted by molar-refractivity contribution is 0.643. The van der Waals surface area contributed by atoms with Gasteiger partial charge in [-0.05, 0) is 30.2 Å². The second-order valence-electron chi connectivity index (χ2n) is 4.47. The largest absolute Gasteiger partial charge is 0.312 e. The van der Waals surface area contributed by atoms with Crippen LogP contribution in [0.2, 0.25) is 5.02 Å². The molecule has 0 radical (unpaired) electrons. The SMILES string of the molecule is Cc1ccc(CNCCc2ccnn2C)c(Cl)c1. The molecule has 1 N–H and O–H groups in total. The van der Waals surface area contributed by atoms with Crippen molar-refractivity contribution in [2.75, 3.05) is 6.54 Å². The summed E-state index contributed by atoms with van der Waals surface area (Å²) in [4.78, 5) is 0. The van der Waals surface area contributed by atoms with Crippen LogP contribution < -0.4 is 5.32 Å². The lowest BCUT2D eigenvalue weighted by Gasteiger charge is -2.07. The summed E-state index contributed by atoms with van der Waals surface area (Å²) >= 11 is 6.18. The normalized spacial score (nSPS) is 10.8. The molecule has 3 nitrogen and oxygen atoms in total. The smallest absolute Gasteiger partial charge is 0.0492 e. The van der Waals surface area contributed by atoms with Crippen molar-refractivity contribution in [3.8, 4) is 0 Å². The molecule has 0 bridgehead atoms. The van der Waals surface area contributed by atoms with Gasteiger partial charge < -0.3 is 5.32 Å². The van der Waals surface area contributed by atoms with Crippen molar-refractivity contribution in [1.29, 1.82) is 0 Å². The van der Waals surface area contributed by atoms with Crippen LogP contribution >= 0.6 is 11.6 Å². The lowest BCUT2D eigenvalue weighted by Crippen LogP contribution is -2.18.